The molecule has 0 aliphatic carbocycles. The average Bonchev–Trinajstić information content (AvgIpc) is 3.42. The highest BCUT2D eigenvalue weighted by Crippen LogP contribution is 2.31. The Labute approximate surface area is 231 Å². The zero-order chi connectivity index (χ0) is 27.8. The van der Waals surface area contributed by atoms with Gasteiger partial charge in [0.2, 0.25) is 5.91 Å². The number of carbonyl (C=O) groups excluding carboxylic acids is 1. The van der Waals surface area contributed by atoms with E-state index in [9.17, 15) is 4.79 Å². The van der Waals surface area contributed by atoms with Gasteiger partial charge < -0.3 is 19.9 Å². The highest BCUT2D eigenvalue weighted by atomic mass is 16.5. The van der Waals surface area contributed by atoms with Crippen molar-refractivity contribution in [2.45, 2.75) is 32.9 Å². The maximum Gasteiger partial charge on any atom is 0.246 e. The van der Waals surface area contributed by atoms with E-state index in [4.69, 9.17) is 9.72 Å². The second-order valence-electron chi connectivity index (χ2n) is 9.94. The fourth-order valence-corrected chi connectivity index (χ4v) is 5.21. The van der Waals surface area contributed by atoms with Crippen LogP contribution < -0.4 is 15.0 Å². The lowest BCUT2D eigenvalue weighted by Crippen LogP contribution is -2.58. The molecular formula is C29H29N9O2. The quantitative estimate of drug-likeness (QED) is 0.313. The summed E-state index contributed by atoms with van der Waals surface area (Å²) in [4.78, 5) is 34.5. The third-order valence-electron chi connectivity index (χ3n) is 7.06. The Morgan fingerprint density at radius 3 is 2.65 bits per heavy atom. The lowest BCUT2D eigenvalue weighted by atomic mass is 10.1. The topological polar surface area (TPSA) is 114 Å². The molecule has 202 valence electrons. The van der Waals surface area contributed by atoms with Gasteiger partial charge >= 0.3 is 0 Å². The molecule has 1 saturated heterocycles. The Morgan fingerprint density at radius 2 is 1.88 bits per heavy atom. The van der Waals surface area contributed by atoms with Gasteiger partial charge in [0.1, 0.15) is 35.5 Å². The lowest BCUT2D eigenvalue weighted by Gasteiger charge is -2.44. The van der Waals surface area contributed by atoms with Crippen molar-refractivity contribution in [3.05, 3.63) is 79.5 Å². The van der Waals surface area contributed by atoms with E-state index in [0.717, 1.165) is 28.3 Å². The Hall–Kier alpha value is -5.06. The number of pyridine rings is 2. The molecule has 4 aromatic heterocycles. The van der Waals surface area contributed by atoms with E-state index in [-0.39, 0.29) is 18.0 Å². The van der Waals surface area contributed by atoms with Gasteiger partial charge in [-0.3, -0.25) is 4.79 Å². The van der Waals surface area contributed by atoms with Gasteiger partial charge in [0.05, 0.1) is 5.52 Å². The van der Waals surface area contributed by atoms with Gasteiger partial charge in [0, 0.05) is 43.1 Å². The Kier molecular flexibility index (Phi) is 6.47. The molecule has 1 aliphatic rings. The Balaban J connectivity index is 1.23. The van der Waals surface area contributed by atoms with Crippen LogP contribution in [0.15, 0.2) is 74.0 Å². The molecule has 11 heteroatoms. The fraction of sp³-hybridized carbons (Fsp3) is 0.241. The van der Waals surface area contributed by atoms with Crippen molar-refractivity contribution in [2.24, 2.45) is 0 Å². The molecule has 1 aromatic carbocycles. The first-order valence-electron chi connectivity index (χ1n) is 13.1. The van der Waals surface area contributed by atoms with Crippen LogP contribution >= 0.6 is 0 Å². The van der Waals surface area contributed by atoms with Crippen molar-refractivity contribution in [3.63, 3.8) is 0 Å². The molecule has 6 rings (SSSR count). The zero-order valence-electron chi connectivity index (χ0n) is 22.5. The summed E-state index contributed by atoms with van der Waals surface area (Å²) in [5.41, 5.74) is 3.93. The molecule has 0 radical (unpaired) electrons. The van der Waals surface area contributed by atoms with Crippen LogP contribution in [0.5, 0.6) is 11.5 Å². The highest BCUT2D eigenvalue weighted by Gasteiger charge is 2.32. The van der Waals surface area contributed by atoms with Gasteiger partial charge in [0.25, 0.3) is 0 Å². The molecule has 1 fully saturated rings. The number of nitrogens with zero attached hydrogens (tertiary/aromatic N) is 8. The van der Waals surface area contributed by atoms with E-state index in [1.807, 2.05) is 74.3 Å². The number of aromatic nitrogens is 6. The van der Waals surface area contributed by atoms with Crippen LogP contribution in [0.1, 0.15) is 19.4 Å². The van der Waals surface area contributed by atoms with Gasteiger partial charge in [-0.05, 0) is 68.8 Å². The van der Waals surface area contributed by atoms with Crippen molar-refractivity contribution in [1.82, 2.24) is 34.4 Å². The molecule has 11 nitrogen and oxygen atoms in total. The van der Waals surface area contributed by atoms with Gasteiger partial charge in [-0.25, -0.2) is 24.5 Å². The third-order valence-corrected chi connectivity index (χ3v) is 7.06. The summed E-state index contributed by atoms with van der Waals surface area (Å²) in [5.74, 6) is 2.80. The molecule has 5 aromatic rings. The number of nitrogens with one attached hydrogen (secondary N) is 1. The first kappa shape index (κ1) is 25.2. The van der Waals surface area contributed by atoms with E-state index in [2.05, 4.69) is 36.8 Å². The second kappa shape index (κ2) is 10.3. The zero-order valence-corrected chi connectivity index (χ0v) is 22.5. The Morgan fingerprint density at radius 1 is 1.05 bits per heavy atom. The van der Waals surface area contributed by atoms with Crippen LogP contribution in [-0.4, -0.2) is 65.5 Å². The maximum atomic E-state index is 12.3. The minimum absolute atomic E-state index is 0.0263. The number of fused-ring (bicyclic) bond motifs is 2. The summed E-state index contributed by atoms with van der Waals surface area (Å²) in [7, 11) is 0. The summed E-state index contributed by atoms with van der Waals surface area (Å²) < 4.78 is 7.79. The van der Waals surface area contributed by atoms with Crippen LogP contribution in [-0.2, 0) is 4.79 Å². The number of carbonyl (C=O) groups is 1. The van der Waals surface area contributed by atoms with Gasteiger partial charge in [-0.1, -0.05) is 6.58 Å². The van der Waals surface area contributed by atoms with E-state index in [0.29, 0.717) is 35.8 Å². The number of benzene rings is 1. The van der Waals surface area contributed by atoms with Crippen molar-refractivity contribution >= 4 is 39.9 Å². The third kappa shape index (κ3) is 4.77. The van der Waals surface area contributed by atoms with Gasteiger partial charge in [0.15, 0.2) is 11.5 Å². The molecule has 1 aliphatic heterocycles. The standard InChI is InChI=1S/C29H29N9O2/c1-5-27(39)38-19(3)14-36(15-20(38)4)25-9-7-23-28(35-25)29(32-16-30-23)34-21-6-8-24(18(2)12-21)40-22-10-11-37-26(13-22)31-17-33-37/h5-13,16-17,19-20H,1,14-15H2,2-4H3,(H,30,32,34)/t19-,20?/m1/s1. The molecule has 40 heavy (non-hydrogen) atoms. The second-order valence-corrected chi connectivity index (χ2v) is 9.94. The molecule has 0 spiro atoms. The summed E-state index contributed by atoms with van der Waals surface area (Å²) in [6.45, 7) is 11.1. The summed E-state index contributed by atoms with van der Waals surface area (Å²) in [6.07, 6.45) is 6.23. The summed E-state index contributed by atoms with van der Waals surface area (Å²) in [5, 5.41) is 7.52. The van der Waals surface area contributed by atoms with Crippen molar-refractivity contribution in [1.29, 1.82) is 0 Å². The van der Waals surface area contributed by atoms with Gasteiger partial charge in [-0.15, -0.1) is 0 Å². The Bertz CT molecular complexity index is 1720. The first-order valence-corrected chi connectivity index (χ1v) is 13.1. The SMILES string of the molecule is C=CC(=O)N1C(C)CN(c2ccc3ncnc(Nc4ccc(Oc5ccn6ncnc6c5)c(C)c4)c3n2)C[C@H]1C. The maximum absolute atomic E-state index is 12.3. The van der Waals surface area contributed by atoms with E-state index in [1.54, 1.807) is 4.52 Å². The molecule has 0 bridgehead atoms. The number of aryl methyl sites for hydroxylation is 1. The number of ether oxygens (including phenoxy) is 1. The van der Waals surface area contributed by atoms with Crippen LogP contribution in [0.4, 0.5) is 17.3 Å². The van der Waals surface area contributed by atoms with Crippen molar-refractivity contribution < 1.29 is 9.53 Å². The molecule has 1 amide bonds. The minimum atomic E-state index is -0.0471. The van der Waals surface area contributed by atoms with Crippen LogP contribution in [0.25, 0.3) is 16.7 Å². The predicted octanol–water partition coefficient (Wildman–Crippen LogP) is 4.52. The molecule has 0 saturated carbocycles. The monoisotopic (exact) mass is 535 g/mol. The molecule has 5 heterocycles. The lowest BCUT2D eigenvalue weighted by molar-refractivity contribution is -0.130. The number of anilines is 3. The smallest absolute Gasteiger partial charge is 0.246 e. The number of rotatable bonds is 6. The van der Waals surface area contributed by atoms with E-state index in [1.165, 1.54) is 18.7 Å². The number of piperazine rings is 1. The number of hydrogen-bond acceptors (Lipinski definition) is 9. The normalized spacial score (nSPS) is 17.3. The molecular weight excluding hydrogens is 506 g/mol. The summed E-state index contributed by atoms with van der Waals surface area (Å²) >= 11 is 0. The largest absolute Gasteiger partial charge is 0.457 e. The predicted molar refractivity (Wildman–Crippen MR) is 153 cm³/mol. The van der Waals surface area contributed by atoms with Crippen LogP contribution in [0.3, 0.4) is 0 Å². The number of hydrogen-bond donors (Lipinski definition) is 1. The number of amides is 1. The van der Waals surface area contributed by atoms with Crippen LogP contribution in [0, 0.1) is 6.92 Å². The molecule has 2 atom stereocenters. The summed E-state index contributed by atoms with van der Waals surface area (Å²) in [6, 6.07) is 13.5. The average molecular weight is 536 g/mol. The van der Waals surface area contributed by atoms with Crippen molar-refractivity contribution in [2.75, 3.05) is 23.3 Å². The highest BCUT2D eigenvalue weighted by molar-refractivity contribution is 5.89. The molecule has 1 unspecified atom stereocenters. The van der Waals surface area contributed by atoms with Crippen molar-refractivity contribution in [3.8, 4) is 11.5 Å². The fourth-order valence-electron chi connectivity index (χ4n) is 5.21. The molecule has 1 N–H and O–H groups in total. The first-order chi connectivity index (χ1) is 19.4. The van der Waals surface area contributed by atoms with E-state index >= 15 is 0 Å². The van der Waals surface area contributed by atoms with Gasteiger partial charge in [-0.2, -0.15) is 5.10 Å². The van der Waals surface area contributed by atoms with Crippen LogP contribution in [0.2, 0.25) is 0 Å². The van der Waals surface area contributed by atoms with E-state index < -0.39 is 0 Å². The minimum Gasteiger partial charge on any atom is -0.457 e.